The van der Waals surface area contributed by atoms with Crippen LogP contribution in [0.15, 0.2) is 40.2 Å². The highest BCUT2D eigenvalue weighted by atomic mass is 79.9. The van der Waals surface area contributed by atoms with Crippen LogP contribution in [-0.2, 0) is 6.42 Å². The molecule has 0 aliphatic carbocycles. The third kappa shape index (κ3) is 2.74. The van der Waals surface area contributed by atoms with E-state index in [4.69, 9.17) is 0 Å². The normalized spacial score (nSPS) is 13.0. The summed E-state index contributed by atoms with van der Waals surface area (Å²) < 4.78 is 16.8. The molecule has 0 saturated carbocycles. The standard InChI is InChI=1S/C14H10BrFOS2/c15-9-2-1-8(10(16)6-9)5-11(17)13-7-14-12(19-13)3-4-18-14/h1-4,6-7,11,17H,5H2. The Balaban J connectivity index is 1.84. The van der Waals surface area contributed by atoms with Crippen molar-refractivity contribution in [3.63, 3.8) is 0 Å². The van der Waals surface area contributed by atoms with Crippen LogP contribution in [0.25, 0.3) is 9.40 Å². The molecule has 0 radical (unpaired) electrons. The van der Waals surface area contributed by atoms with Gasteiger partial charge in [-0.2, -0.15) is 0 Å². The summed E-state index contributed by atoms with van der Waals surface area (Å²) in [4.78, 5) is 0.893. The van der Waals surface area contributed by atoms with E-state index in [1.165, 1.54) is 15.5 Å². The molecule has 0 amide bonds. The Hall–Kier alpha value is -0.750. The van der Waals surface area contributed by atoms with Gasteiger partial charge in [-0.25, -0.2) is 4.39 Å². The fourth-order valence-corrected chi connectivity index (χ4v) is 4.38. The minimum atomic E-state index is -0.653. The molecule has 0 fully saturated rings. The highest BCUT2D eigenvalue weighted by molar-refractivity contribution is 9.10. The molecule has 3 aromatic rings. The summed E-state index contributed by atoms with van der Waals surface area (Å²) in [6.07, 6.45) is -0.354. The first-order valence-electron chi connectivity index (χ1n) is 5.72. The van der Waals surface area contributed by atoms with Gasteiger partial charge in [0.1, 0.15) is 5.82 Å². The van der Waals surface area contributed by atoms with Crippen molar-refractivity contribution in [3.8, 4) is 0 Å². The average Bonchev–Trinajstić information content (AvgIpc) is 2.93. The van der Waals surface area contributed by atoms with E-state index >= 15 is 0 Å². The van der Waals surface area contributed by atoms with Crippen molar-refractivity contribution in [2.75, 3.05) is 0 Å². The summed E-state index contributed by atoms with van der Waals surface area (Å²) in [5, 5.41) is 12.3. The first-order chi connectivity index (χ1) is 9.13. The number of thiophene rings is 2. The lowest BCUT2D eigenvalue weighted by molar-refractivity contribution is 0.181. The summed E-state index contributed by atoms with van der Waals surface area (Å²) in [5.41, 5.74) is 0.535. The minimum absolute atomic E-state index is 0.285. The maximum atomic E-state index is 13.7. The quantitative estimate of drug-likeness (QED) is 0.688. The number of aliphatic hydroxyl groups excluding tert-OH is 1. The third-order valence-corrected chi connectivity index (χ3v) is 5.60. The maximum absolute atomic E-state index is 13.7. The van der Waals surface area contributed by atoms with E-state index in [2.05, 4.69) is 15.9 Å². The van der Waals surface area contributed by atoms with E-state index in [0.29, 0.717) is 16.5 Å². The number of fused-ring (bicyclic) bond motifs is 1. The van der Waals surface area contributed by atoms with Crippen molar-refractivity contribution >= 4 is 48.0 Å². The molecule has 1 atom stereocenters. The Morgan fingerprint density at radius 3 is 2.79 bits per heavy atom. The van der Waals surface area contributed by atoms with Crippen molar-refractivity contribution in [2.45, 2.75) is 12.5 Å². The zero-order valence-electron chi connectivity index (χ0n) is 9.77. The predicted molar refractivity (Wildman–Crippen MR) is 82.5 cm³/mol. The second-order valence-electron chi connectivity index (χ2n) is 4.25. The van der Waals surface area contributed by atoms with E-state index in [0.717, 1.165) is 4.88 Å². The Bertz CT molecular complexity index is 691. The highest BCUT2D eigenvalue weighted by Gasteiger charge is 2.15. The number of benzene rings is 1. The topological polar surface area (TPSA) is 20.2 Å². The zero-order chi connectivity index (χ0) is 13.4. The number of hydrogen-bond acceptors (Lipinski definition) is 3. The van der Waals surface area contributed by atoms with Gasteiger partial charge in [0, 0.05) is 25.2 Å². The fraction of sp³-hybridized carbons (Fsp3) is 0.143. The van der Waals surface area contributed by atoms with Crippen LogP contribution in [0, 0.1) is 5.82 Å². The number of aliphatic hydroxyl groups is 1. The van der Waals surface area contributed by atoms with Gasteiger partial charge in [0.15, 0.2) is 0 Å². The Labute approximate surface area is 126 Å². The van der Waals surface area contributed by atoms with Crippen molar-refractivity contribution in [2.24, 2.45) is 0 Å². The lowest BCUT2D eigenvalue weighted by atomic mass is 10.1. The molecule has 2 aromatic heterocycles. The van der Waals surface area contributed by atoms with Gasteiger partial charge in [-0.15, -0.1) is 22.7 Å². The Morgan fingerprint density at radius 2 is 2.05 bits per heavy atom. The molecule has 3 rings (SSSR count). The summed E-state index contributed by atoms with van der Waals surface area (Å²) in [5.74, 6) is -0.285. The molecule has 2 heterocycles. The van der Waals surface area contributed by atoms with Crippen LogP contribution in [0.2, 0.25) is 0 Å². The zero-order valence-corrected chi connectivity index (χ0v) is 13.0. The smallest absolute Gasteiger partial charge is 0.127 e. The molecule has 19 heavy (non-hydrogen) atoms. The van der Waals surface area contributed by atoms with Crippen molar-refractivity contribution in [1.82, 2.24) is 0 Å². The van der Waals surface area contributed by atoms with E-state index in [9.17, 15) is 9.50 Å². The lowest BCUT2D eigenvalue weighted by Gasteiger charge is -2.09. The van der Waals surface area contributed by atoms with Crippen LogP contribution >= 0.6 is 38.6 Å². The lowest BCUT2D eigenvalue weighted by Crippen LogP contribution is -2.01. The molecule has 0 aliphatic rings. The molecule has 98 valence electrons. The molecule has 0 aliphatic heterocycles. The second kappa shape index (κ2) is 5.32. The predicted octanol–water partition coefficient (Wildman–Crippen LogP) is 5.14. The minimum Gasteiger partial charge on any atom is -0.387 e. The molecule has 0 bridgehead atoms. The molecule has 1 aromatic carbocycles. The number of halogens is 2. The van der Waals surface area contributed by atoms with Gasteiger partial charge in [0.2, 0.25) is 0 Å². The molecule has 5 heteroatoms. The molecule has 0 saturated heterocycles. The molecular weight excluding hydrogens is 347 g/mol. The largest absolute Gasteiger partial charge is 0.387 e. The van der Waals surface area contributed by atoms with Crippen molar-refractivity contribution in [1.29, 1.82) is 0 Å². The van der Waals surface area contributed by atoms with Crippen LogP contribution in [0.5, 0.6) is 0 Å². The summed E-state index contributed by atoms with van der Waals surface area (Å²) in [6.45, 7) is 0. The highest BCUT2D eigenvalue weighted by Crippen LogP contribution is 2.34. The molecule has 1 unspecified atom stereocenters. The maximum Gasteiger partial charge on any atom is 0.127 e. The van der Waals surface area contributed by atoms with E-state index < -0.39 is 6.10 Å². The van der Waals surface area contributed by atoms with Gasteiger partial charge in [0.05, 0.1) is 6.10 Å². The van der Waals surface area contributed by atoms with Gasteiger partial charge in [0.25, 0.3) is 0 Å². The number of hydrogen-bond donors (Lipinski definition) is 1. The van der Waals surface area contributed by atoms with Crippen LogP contribution in [-0.4, -0.2) is 5.11 Å². The first kappa shape index (κ1) is 13.2. The monoisotopic (exact) mass is 356 g/mol. The van der Waals surface area contributed by atoms with Crippen LogP contribution < -0.4 is 0 Å². The summed E-state index contributed by atoms with van der Waals surface area (Å²) >= 11 is 6.45. The second-order valence-corrected chi connectivity index (χ2v) is 7.23. The van der Waals surface area contributed by atoms with Crippen LogP contribution in [0.1, 0.15) is 16.5 Å². The molecule has 1 N–H and O–H groups in total. The number of rotatable bonds is 3. The fourth-order valence-electron chi connectivity index (χ4n) is 1.94. The van der Waals surface area contributed by atoms with Crippen LogP contribution in [0.4, 0.5) is 4.39 Å². The molecule has 1 nitrogen and oxygen atoms in total. The third-order valence-electron chi connectivity index (χ3n) is 2.92. The van der Waals surface area contributed by atoms with Gasteiger partial charge in [-0.3, -0.25) is 0 Å². The van der Waals surface area contributed by atoms with Crippen LogP contribution in [0.3, 0.4) is 0 Å². The van der Waals surface area contributed by atoms with E-state index in [1.54, 1.807) is 34.8 Å². The SMILES string of the molecule is OC(Cc1ccc(Br)cc1F)c1cc2sccc2s1. The molecular formula is C14H10BrFOS2. The van der Waals surface area contributed by atoms with Crippen molar-refractivity contribution < 1.29 is 9.50 Å². The Morgan fingerprint density at radius 1 is 1.21 bits per heavy atom. The van der Waals surface area contributed by atoms with Crippen molar-refractivity contribution in [3.05, 3.63) is 56.4 Å². The summed E-state index contributed by atoms with van der Waals surface area (Å²) in [7, 11) is 0. The van der Waals surface area contributed by atoms with Gasteiger partial charge >= 0.3 is 0 Å². The molecule has 0 spiro atoms. The van der Waals surface area contributed by atoms with E-state index in [-0.39, 0.29) is 5.82 Å². The van der Waals surface area contributed by atoms with E-state index in [1.807, 2.05) is 17.5 Å². The average molecular weight is 357 g/mol. The van der Waals surface area contributed by atoms with Gasteiger partial charge < -0.3 is 5.11 Å². The first-order valence-corrected chi connectivity index (χ1v) is 8.21. The van der Waals surface area contributed by atoms with Gasteiger partial charge in [-0.1, -0.05) is 22.0 Å². The summed E-state index contributed by atoms with van der Waals surface area (Å²) in [6, 6.07) is 8.96. The Kier molecular flexibility index (Phi) is 3.71. The van der Waals surface area contributed by atoms with Gasteiger partial charge in [-0.05, 0) is 35.2 Å².